The van der Waals surface area contributed by atoms with E-state index < -0.39 is 5.41 Å². The molecule has 0 saturated carbocycles. The molecule has 2 heterocycles. The molecule has 0 bridgehead atoms. The fourth-order valence-corrected chi connectivity index (χ4v) is 4.89. The van der Waals surface area contributed by atoms with Gasteiger partial charge in [-0.25, -0.2) is 4.39 Å². The number of hydrogen-bond acceptors (Lipinski definition) is 4. The largest absolute Gasteiger partial charge is 0.351 e. The molecule has 0 radical (unpaired) electrons. The number of pyridine rings is 1. The third kappa shape index (κ3) is 6.84. The van der Waals surface area contributed by atoms with Crippen LogP contribution in [0.25, 0.3) is 0 Å². The highest BCUT2D eigenvalue weighted by atomic mass is 19.1. The van der Waals surface area contributed by atoms with Crippen molar-refractivity contribution in [2.24, 2.45) is 0 Å². The molecule has 6 nitrogen and oxygen atoms in total. The van der Waals surface area contributed by atoms with Crippen LogP contribution in [-0.4, -0.2) is 36.4 Å². The number of carbonyl (C=O) groups is 2. The first-order valence-corrected chi connectivity index (χ1v) is 13.5. The van der Waals surface area contributed by atoms with E-state index in [1.807, 2.05) is 30.9 Å². The summed E-state index contributed by atoms with van der Waals surface area (Å²) in [5, 5.41) is 6.47. The lowest BCUT2D eigenvalue weighted by Gasteiger charge is -2.27. The Bertz CT molecular complexity index is 1250. The summed E-state index contributed by atoms with van der Waals surface area (Å²) in [4.78, 5) is 32.7. The van der Waals surface area contributed by atoms with Crippen LogP contribution >= 0.6 is 0 Å². The SMILES string of the molecule is CC(C)(CNC(=O)c1ccc2c(c1)CNCCCCCCCN2C(=O)c1cccnc1)c1ccccc1F. The Morgan fingerprint density at radius 2 is 1.79 bits per heavy atom. The van der Waals surface area contributed by atoms with Crippen molar-refractivity contribution in [3.05, 3.63) is 95.1 Å². The monoisotopic (exact) mass is 516 g/mol. The van der Waals surface area contributed by atoms with Crippen molar-refractivity contribution in [1.29, 1.82) is 0 Å². The smallest absolute Gasteiger partial charge is 0.259 e. The van der Waals surface area contributed by atoms with Crippen LogP contribution in [0.5, 0.6) is 0 Å². The second kappa shape index (κ2) is 12.8. The van der Waals surface area contributed by atoms with Crippen molar-refractivity contribution < 1.29 is 14.0 Å². The Labute approximate surface area is 224 Å². The molecule has 1 aliphatic rings. The van der Waals surface area contributed by atoms with Gasteiger partial charge in [-0.15, -0.1) is 0 Å². The number of benzene rings is 2. The van der Waals surface area contributed by atoms with Gasteiger partial charge in [0.2, 0.25) is 0 Å². The Balaban J connectivity index is 1.59. The van der Waals surface area contributed by atoms with Crippen LogP contribution in [0.4, 0.5) is 10.1 Å². The van der Waals surface area contributed by atoms with Crippen LogP contribution in [0.1, 0.15) is 77.8 Å². The third-order valence-corrected chi connectivity index (χ3v) is 7.13. The average Bonchev–Trinajstić information content (AvgIpc) is 2.92. The van der Waals surface area contributed by atoms with Crippen molar-refractivity contribution in [2.45, 2.75) is 57.9 Å². The molecule has 200 valence electrons. The van der Waals surface area contributed by atoms with Crippen molar-refractivity contribution in [2.75, 3.05) is 24.5 Å². The quantitative estimate of drug-likeness (QED) is 0.461. The third-order valence-electron chi connectivity index (χ3n) is 7.13. The van der Waals surface area contributed by atoms with Gasteiger partial charge in [0.05, 0.1) is 5.56 Å². The Morgan fingerprint density at radius 1 is 1.00 bits per heavy atom. The van der Waals surface area contributed by atoms with Gasteiger partial charge >= 0.3 is 0 Å². The summed E-state index contributed by atoms with van der Waals surface area (Å²) in [6.45, 7) is 6.14. The minimum Gasteiger partial charge on any atom is -0.351 e. The highest BCUT2D eigenvalue weighted by Gasteiger charge is 2.26. The van der Waals surface area contributed by atoms with E-state index in [1.165, 1.54) is 6.07 Å². The summed E-state index contributed by atoms with van der Waals surface area (Å²) in [6.07, 6.45) is 8.61. The molecule has 0 aliphatic carbocycles. The van der Waals surface area contributed by atoms with E-state index in [0.717, 1.165) is 49.9 Å². The van der Waals surface area contributed by atoms with Crippen molar-refractivity contribution in [3.8, 4) is 0 Å². The number of aromatic nitrogens is 1. The van der Waals surface area contributed by atoms with Crippen LogP contribution in [-0.2, 0) is 12.0 Å². The minimum absolute atomic E-state index is 0.0970. The van der Waals surface area contributed by atoms with E-state index in [0.29, 0.717) is 29.8 Å². The highest BCUT2D eigenvalue weighted by Crippen LogP contribution is 2.27. The number of fused-ring (bicyclic) bond motifs is 1. The molecule has 2 aromatic carbocycles. The van der Waals surface area contributed by atoms with Gasteiger partial charge in [-0.1, -0.05) is 51.3 Å². The molecular weight excluding hydrogens is 479 g/mol. The van der Waals surface area contributed by atoms with Crippen molar-refractivity contribution >= 4 is 17.5 Å². The maximum absolute atomic E-state index is 14.4. The highest BCUT2D eigenvalue weighted by molar-refractivity contribution is 6.06. The molecule has 2 N–H and O–H groups in total. The van der Waals surface area contributed by atoms with Gasteiger partial charge in [0, 0.05) is 48.7 Å². The van der Waals surface area contributed by atoms with Crippen molar-refractivity contribution in [1.82, 2.24) is 15.6 Å². The van der Waals surface area contributed by atoms with Crippen LogP contribution in [0.2, 0.25) is 0 Å². The molecule has 7 heteroatoms. The first-order chi connectivity index (χ1) is 18.4. The lowest BCUT2D eigenvalue weighted by molar-refractivity contribution is 0.0944. The van der Waals surface area contributed by atoms with Gasteiger partial charge in [-0.2, -0.15) is 0 Å². The minimum atomic E-state index is -0.577. The molecule has 2 amide bonds. The van der Waals surface area contributed by atoms with Gasteiger partial charge < -0.3 is 15.5 Å². The number of nitrogens with zero attached hydrogens (tertiary/aromatic N) is 2. The molecule has 0 atom stereocenters. The number of carbonyl (C=O) groups excluding carboxylic acids is 2. The Morgan fingerprint density at radius 3 is 2.58 bits per heavy atom. The summed E-state index contributed by atoms with van der Waals surface area (Å²) in [6, 6.07) is 15.7. The summed E-state index contributed by atoms with van der Waals surface area (Å²) in [7, 11) is 0. The molecule has 0 fully saturated rings. The molecule has 1 aliphatic heterocycles. The molecule has 1 aromatic heterocycles. The number of nitrogens with one attached hydrogen (secondary N) is 2. The fourth-order valence-electron chi connectivity index (χ4n) is 4.89. The topological polar surface area (TPSA) is 74.3 Å². The predicted molar refractivity (Wildman–Crippen MR) is 149 cm³/mol. The molecule has 3 aromatic rings. The van der Waals surface area contributed by atoms with Crippen LogP contribution in [0.3, 0.4) is 0 Å². The predicted octanol–water partition coefficient (Wildman–Crippen LogP) is 5.63. The van der Waals surface area contributed by atoms with Gasteiger partial charge in [0.25, 0.3) is 11.8 Å². The van der Waals surface area contributed by atoms with Crippen LogP contribution < -0.4 is 15.5 Å². The fraction of sp³-hybridized carbons (Fsp3) is 0.387. The first-order valence-electron chi connectivity index (χ1n) is 13.5. The van der Waals surface area contributed by atoms with Gasteiger partial charge in [0.1, 0.15) is 5.82 Å². The van der Waals surface area contributed by atoms with Crippen molar-refractivity contribution in [3.63, 3.8) is 0 Å². The summed E-state index contributed by atoms with van der Waals surface area (Å²) < 4.78 is 14.4. The average molecular weight is 517 g/mol. The van der Waals surface area contributed by atoms with Crippen LogP contribution in [0.15, 0.2) is 67.0 Å². The van der Waals surface area contributed by atoms with E-state index in [-0.39, 0.29) is 24.2 Å². The zero-order chi connectivity index (χ0) is 27.0. The molecule has 0 spiro atoms. The summed E-state index contributed by atoms with van der Waals surface area (Å²) in [5.74, 6) is -0.607. The van der Waals surface area contributed by atoms with E-state index in [2.05, 4.69) is 15.6 Å². The Kier molecular flexibility index (Phi) is 9.24. The number of halogens is 1. The molecule has 0 unspecified atom stereocenters. The van der Waals surface area contributed by atoms with Gasteiger partial charge in [0.15, 0.2) is 0 Å². The number of anilines is 1. The van der Waals surface area contributed by atoms with E-state index >= 15 is 0 Å². The van der Waals surface area contributed by atoms with Crippen LogP contribution in [0, 0.1) is 5.82 Å². The zero-order valence-electron chi connectivity index (χ0n) is 22.3. The molecule has 4 rings (SSSR count). The maximum atomic E-state index is 14.4. The lowest BCUT2D eigenvalue weighted by atomic mass is 9.84. The maximum Gasteiger partial charge on any atom is 0.259 e. The standard InChI is InChI=1S/C31H37FN4O2/c1-31(2,26-12-6-7-13-27(26)32)22-35-29(37)23-14-15-28-25(19-23)21-33-16-8-4-3-5-9-18-36(28)30(38)24-11-10-17-34-20-24/h6-7,10-15,17,19-20,33H,3-5,8-9,16,18,21-22H2,1-2H3,(H,35,37). The van der Waals surface area contributed by atoms with Gasteiger partial charge in [-0.3, -0.25) is 14.6 Å². The second-order valence-electron chi connectivity index (χ2n) is 10.5. The van der Waals surface area contributed by atoms with E-state index in [1.54, 1.807) is 48.8 Å². The normalized spacial score (nSPS) is 15.1. The number of rotatable bonds is 5. The molecule has 38 heavy (non-hydrogen) atoms. The Hall–Kier alpha value is -3.58. The molecule has 0 saturated heterocycles. The summed E-state index contributed by atoms with van der Waals surface area (Å²) >= 11 is 0. The van der Waals surface area contributed by atoms with E-state index in [9.17, 15) is 14.0 Å². The van der Waals surface area contributed by atoms with E-state index in [4.69, 9.17) is 0 Å². The summed E-state index contributed by atoms with van der Waals surface area (Å²) in [5.41, 5.74) is 2.73. The zero-order valence-corrected chi connectivity index (χ0v) is 22.3. The second-order valence-corrected chi connectivity index (χ2v) is 10.5. The number of hydrogen-bond donors (Lipinski definition) is 2. The molecular formula is C31H37FN4O2. The first kappa shape index (κ1) is 27.5. The van der Waals surface area contributed by atoms with Gasteiger partial charge in [-0.05, 0) is 66.9 Å². The lowest BCUT2D eigenvalue weighted by Crippen LogP contribution is -2.37. The number of amides is 2.